The molecule has 2 aromatic heterocycles. The van der Waals surface area contributed by atoms with Crippen molar-refractivity contribution in [3.05, 3.63) is 50.7 Å². The lowest BCUT2D eigenvalue weighted by Gasteiger charge is -2.25. The lowest BCUT2D eigenvalue weighted by atomic mass is 9.85. The molecule has 1 amide bonds. The summed E-state index contributed by atoms with van der Waals surface area (Å²) in [5.74, 6) is 1.17. The fourth-order valence-corrected chi connectivity index (χ4v) is 4.37. The number of rotatable bonds is 3. The molecule has 3 aliphatic rings. The highest BCUT2D eigenvalue weighted by Crippen LogP contribution is 2.37. The molecule has 0 unspecified atom stereocenters. The molecule has 0 aromatic carbocycles. The van der Waals surface area contributed by atoms with Gasteiger partial charge in [-0.2, -0.15) is 5.10 Å². The molecule has 2 aliphatic heterocycles. The number of hydrogen-bond acceptors (Lipinski definition) is 5. The minimum atomic E-state index is -0.521. The summed E-state index contributed by atoms with van der Waals surface area (Å²) in [6.07, 6.45) is 6.29. The van der Waals surface area contributed by atoms with Crippen molar-refractivity contribution in [1.82, 2.24) is 19.2 Å². The Labute approximate surface area is 149 Å². The molecule has 0 bridgehead atoms. The molecule has 1 aliphatic carbocycles. The van der Waals surface area contributed by atoms with Crippen LogP contribution in [0, 0.1) is 11.8 Å². The maximum atomic E-state index is 12.6. The molecule has 2 atom stereocenters. The van der Waals surface area contributed by atoms with Crippen molar-refractivity contribution >= 4 is 5.91 Å². The summed E-state index contributed by atoms with van der Waals surface area (Å²) in [5.41, 5.74) is -0.464. The molecule has 5 rings (SSSR count). The number of fused-ring (bicyclic) bond motifs is 3. The summed E-state index contributed by atoms with van der Waals surface area (Å²) >= 11 is 0. The van der Waals surface area contributed by atoms with Gasteiger partial charge in [-0.05, 0) is 24.8 Å². The van der Waals surface area contributed by atoms with Crippen LogP contribution in [-0.4, -0.2) is 38.2 Å². The minimum Gasteiger partial charge on any atom is -0.472 e. The molecule has 8 nitrogen and oxygen atoms in total. The van der Waals surface area contributed by atoms with Crippen LogP contribution >= 0.6 is 0 Å². The van der Waals surface area contributed by atoms with Gasteiger partial charge in [0.15, 0.2) is 0 Å². The van der Waals surface area contributed by atoms with E-state index >= 15 is 0 Å². The molecule has 0 radical (unpaired) electrons. The second-order valence-corrected chi connectivity index (χ2v) is 7.65. The third-order valence-corrected chi connectivity index (χ3v) is 6.06. The van der Waals surface area contributed by atoms with Crippen LogP contribution in [0.5, 0.6) is 0 Å². The molecule has 4 heterocycles. The van der Waals surface area contributed by atoms with Crippen molar-refractivity contribution < 1.29 is 9.21 Å². The highest BCUT2D eigenvalue weighted by Gasteiger charge is 2.44. The second-order valence-electron chi connectivity index (χ2n) is 7.65. The predicted molar refractivity (Wildman–Crippen MR) is 90.9 cm³/mol. The molecule has 0 N–H and O–H groups in total. The minimum absolute atomic E-state index is 0.00629. The Balaban J connectivity index is 1.44. The van der Waals surface area contributed by atoms with Gasteiger partial charge in [-0.15, -0.1) is 0 Å². The zero-order valence-electron chi connectivity index (χ0n) is 14.3. The maximum Gasteiger partial charge on any atom is 0.332 e. The number of carbonyl (C=O) groups excluding carboxylic acids is 1. The molecule has 2 fully saturated rings. The van der Waals surface area contributed by atoms with Crippen LogP contribution in [0.3, 0.4) is 0 Å². The van der Waals surface area contributed by atoms with Crippen molar-refractivity contribution in [3.63, 3.8) is 0 Å². The fraction of sp³-hybridized carbons (Fsp3) is 0.556. The van der Waals surface area contributed by atoms with Gasteiger partial charge in [0.05, 0.1) is 11.8 Å². The summed E-state index contributed by atoms with van der Waals surface area (Å²) in [4.78, 5) is 39.2. The largest absolute Gasteiger partial charge is 0.472 e. The van der Waals surface area contributed by atoms with Crippen molar-refractivity contribution in [2.75, 3.05) is 13.1 Å². The smallest absolute Gasteiger partial charge is 0.332 e. The van der Waals surface area contributed by atoms with Crippen LogP contribution < -0.4 is 11.1 Å². The molecule has 26 heavy (non-hydrogen) atoms. The Kier molecular flexibility index (Phi) is 3.41. The van der Waals surface area contributed by atoms with Crippen molar-refractivity contribution in [3.8, 4) is 0 Å². The number of aromatic nitrogens is 3. The normalized spacial score (nSPS) is 24.4. The average Bonchev–Trinajstić information content (AvgIpc) is 3.30. The maximum absolute atomic E-state index is 12.6. The van der Waals surface area contributed by atoms with Crippen LogP contribution in [0.2, 0.25) is 0 Å². The molecule has 8 heteroatoms. The van der Waals surface area contributed by atoms with E-state index in [4.69, 9.17) is 4.42 Å². The number of hydrogen-bond donors (Lipinski definition) is 0. The Hall–Kier alpha value is -2.64. The topological polar surface area (TPSA) is 90.3 Å². The Bertz CT molecular complexity index is 970. The van der Waals surface area contributed by atoms with E-state index in [2.05, 4.69) is 5.10 Å². The third kappa shape index (κ3) is 2.28. The number of carbonyl (C=O) groups is 1. The first-order valence-electron chi connectivity index (χ1n) is 9.15. The quantitative estimate of drug-likeness (QED) is 0.754. The van der Waals surface area contributed by atoms with E-state index in [0.717, 1.165) is 12.8 Å². The first kappa shape index (κ1) is 15.6. The summed E-state index contributed by atoms with van der Waals surface area (Å²) in [6, 6.07) is 1.66. The summed E-state index contributed by atoms with van der Waals surface area (Å²) in [5, 5.41) is 4.55. The number of nitrogens with zero attached hydrogens (tertiary/aromatic N) is 4. The van der Waals surface area contributed by atoms with Crippen molar-refractivity contribution in [2.24, 2.45) is 11.8 Å². The van der Waals surface area contributed by atoms with E-state index < -0.39 is 11.1 Å². The fourth-order valence-electron chi connectivity index (χ4n) is 4.37. The SMILES string of the molecule is O=C(c1ccoc1)N1C[C@H]2Cn3c(nn(CC4CCC4)c(=O)c3=O)[C@H]2C1. The van der Waals surface area contributed by atoms with E-state index in [1.165, 1.54) is 28.2 Å². The molecule has 1 saturated carbocycles. The summed E-state index contributed by atoms with van der Waals surface area (Å²) < 4.78 is 7.88. The van der Waals surface area contributed by atoms with Crippen LogP contribution in [0.1, 0.15) is 41.4 Å². The highest BCUT2D eigenvalue weighted by atomic mass is 16.3. The van der Waals surface area contributed by atoms with Gasteiger partial charge in [-0.1, -0.05) is 6.42 Å². The zero-order valence-corrected chi connectivity index (χ0v) is 14.3. The molecule has 2 aromatic rings. The Morgan fingerprint density at radius 3 is 2.73 bits per heavy atom. The second kappa shape index (κ2) is 5.69. The first-order chi connectivity index (χ1) is 12.6. The first-order valence-corrected chi connectivity index (χ1v) is 9.15. The lowest BCUT2D eigenvalue weighted by Crippen LogP contribution is -2.45. The van der Waals surface area contributed by atoms with Crippen LogP contribution in [-0.2, 0) is 13.1 Å². The highest BCUT2D eigenvalue weighted by molar-refractivity contribution is 5.94. The van der Waals surface area contributed by atoms with E-state index in [0.29, 0.717) is 43.5 Å². The predicted octanol–water partition coefficient (Wildman–Crippen LogP) is 0.667. The molecular weight excluding hydrogens is 336 g/mol. The molecule has 1 saturated heterocycles. The third-order valence-electron chi connectivity index (χ3n) is 6.06. The molecule has 136 valence electrons. The average molecular weight is 356 g/mol. The van der Waals surface area contributed by atoms with Crippen LogP contribution in [0.25, 0.3) is 0 Å². The van der Waals surface area contributed by atoms with Gasteiger partial charge in [0.25, 0.3) is 5.91 Å². The Morgan fingerprint density at radius 2 is 2.04 bits per heavy atom. The zero-order chi connectivity index (χ0) is 17.8. The number of amides is 1. The van der Waals surface area contributed by atoms with E-state index in [1.807, 2.05) is 0 Å². The van der Waals surface area contributed by atoms with Crippen molar-refractivity contribution in [2.45, 2.75) is 38.3 Å². The molecule has 0 spiro atoms. The van der Waals surface area contributed by atoms with Gasteiger partial charge < -0.3 is 9.32 Å². The summed E-state index contributed by atoms with van der Waals surface area (Å²) in [6.45, 7) is 2.06. The number of likely N-dealkylation sites (tertiary alicyclic amines) is 1. The standard InChI is InChI=1S/C18H20N4O4/c23-16(12-4-5-26-10-12)20-7-13-8-21-15(14(13)9-20)19-22(18(25)17(21)24)6-11-2-1-3-11/h4-5,10-11,13-14H,1-3,6-9H2/t13-,14-/m0/s1. The van der Waals surface area contributed by atoms with Gasteiger partial charge in [-0.3, -0.25) is 19.0 Å². The monoisotopic (exact) mass is 356 g/mol. The molecular formula is C18H20N4O4. The van der Waals surface area contributed by atoms with Gasteiger partial charge >= 0.3 is 11.1 Å². The Morgan fingerprint density at radius 1 is 1.19 bits per heavy atom. The summed E-state index contributed by atoms with van der Waals surface area (Å²) in [7, 11) is 0. The van der Waals surface area contributed by atoms with E-state index in [1.54, 1.807) is 11.0 Å². The van der Waals surface area contributed by atoms with Crippen LogP contribution in [0.4, 0.5) is 0 Å². The van der Waals surface area contributed by atoms with E-state index in [9.17, 15) is 14.4 Å². The number of furan rings is 1. The van der Waals surface area contributed by atoms with Gasteiger partial charge in [0, 0.05) is 38.0 Å². The lowest BCUT2D eigenvalue weighted by molar-refractivity contribution is 0.0782. The van der Waals surface area contributed by atoms with Crippen LogP contribution in [0.15, 0.2) is 32.6 Å². The van der Waals surface area contributed by atoms with Gasteiger partial charge in [0.2, 0.25) is 0 Å². The van der Waals surface area contributed by atoms with Crippen molar-refractivity contribution in [1.29, 1.82) is 0 Å². The van der Waals surface area contributed by atoms with E-state index in [-0.39, 0.29) is 17.7 Å². The van der Waals surface area contributed by atoms with Gasteiger partial charge in [0.1, 0.15) is 12.1 Å². The van der Waals surface area contributed by atoms with Gasteiger partial charge in [-0.25, -0.2) is 4.68 Å².